The molecule has 1 unspecified atom stereocenters. The van der Waals surface area contributed by atoms with Crippen molar-refractivity contribution in [3.05, 3.63) is 22.8 Å². The van der Waals surface area contributed by atoms with Gasteiger partial charge in [0.15, 0.2) is 0 Å². The molecule has 2 rings (SSSR count). The van der Waals surface area contributed by atoms with Crippen LogP contribution >= 0.6 is 15.9 Å². The largest absolute Gasteiger partial charge is 0.316 e. The first-order valence-electron chi connectivity index (χ1n) is 5.86. The van der Waals surface area contributed by atoms with E-state index in [0.717, 1.165) is 30.4 Å². The Morgan fingerprint density at radius 2 is 2.47 bits per heavy atom. The molecule has 1 saturated heterocycles. The van der Waals surface area contributed by atoms with E-state index in [1.54, 1.807) is 12.3 Å². The van der Waals surface area contributed by atoms with Gasteiger partial charge < -0.3 is 10.6 Å². The number of anilines is 1. The van der Waals surface area contributed by atoms with Crippen molar-refractivity contribution in [2.75, 3.05) is 18.4 Å². The van der Waals surface area contributed by atoms with Gasteiger partial charge in [0.1, 0.15) is 5.82 Å². The van der Waals surface area contributed by atoms with Gasteiger partial charge in [0, 0.05) is 17.1 Å². The molecule has 0 radical (unpaired) electrons. The highest BCUT2D eigenvalue weighted by Crippen LogP contribution is 2.15. The van der Waals surface area contributed by atoms with Crippen LogP contribution < -0.4 is 10.6 Å². The van der Waals surface area contributed by atoms with Crippen LogP contribution in [0.2, 0.25) is 0 Å². The quantitative estimate of drug-likeness (QED) is 0.899. The molecule has 1 fully saturated rings. The number of halogens is 1. The number of pyridine rings is 1. The zero-order valence-corrected chi connectivity index (χ0v) is 11.2. The number of rotatable bonds is 3. The Labute approximate surface area is 109 Å². The van der Waals surface area contributed by atoms with Crippen LogP contribution in [0.1, 0.15) is 19.3 Å². The van der Waals surface area contributed by atoms with Crippen LogP contribution in [0.3, 0.4) is 0 Å². The fourth-order valence-corrected chi connectivity index (χ4v) is 2.24. The van der Waals surface area contributed by atoms with E-state index >= 15 is 0 Å². The summed E-state index contributed by atoms with van der Waals surface area (Å²) < 4.78 is 0.909. The fourth-order valence-electron chi connectivity index (χ4n) is 2.00. The minimum Gasteiger partial charge on any atom is -0.316 e. The summed E-state index contributed by atoms with van der Waals surface area (Å²) in [5, 5.41) is 6.13. The summed E-state index contributed by atoms with van der Waals surface area (Å²) in [6.45, 7) is 2.02. The monoisotopic (exact) mass is 297 g/mol. The first kappa shape index (κ1) is 12.5. The second kappa shape index (κ2) is 6.12. The molecule has 2 N–H and O–H groups in total. The molecular weight excluding hydrogens is 282 g/mol. The van der Waals surface area contributed by atoms with Gasteiger partial charge in [-0.05, 0) is 59.9 Å². The van der Waals surface area contributed by atoms with Crippen molar-refractivity contribution < 1.29 is 4.79 Å². The highest BCUT2D eigenvalue weighted by Gasteiger charge is 2.16. The number of carbonyl (C=O) groups is 1. The van der Waals surface area contributed by atoms with Gasteiger partial charge in [-0.15, -0.1) is 0 Å². The molecule has 4 nitrogen and oxygen atoms in total. The average Bonchev–Trinajstić information content (AvgIpc) is 2.33. The van der Waals surface area contributed by atoms with Crippen LogP contribution in [-0.4, -0.2) is 24.0 Å². The molecule has 1 atom stereocenters. The number of nitrogens with zero attached hydrogens (tertiary/aromatic N) is 1. The molecule has 1 aliphatic heterocycles. The predicted molar refractivity (Wildman–Crippen MR) is 70.8 cm³/mol. The third-order valence-corrected chi connectivity index (χ3v) is 3.34. The SMILES string of the molecule is O=C(CC1CCCNC1)Nc1ccc(Br)cn1. The molecule has 0 saturated carbocycles. The van der Waals surface area contributed by atoms with Gasteiger partial charge in [-0.1, -0.05) is 0 Å². The van der Waals surface area contributed by atoms with E-state index in [2.05, 4.69) is 31.5 Å². The maximum atomic E-state index is 11.8. The second-order valence-corrected chi connectivity index (χ2v) is 5.24. The van der Waals surface area contributed by atoms with Gasteiger partial charge in [-0.3, -0.25) is 4.79 Å². The number of piperidine rings is 1. The topological polar surface area (TPSA) is 54.0 Å². The van der Waals surface area contributed by atoms with Crippen molar-refractivity contribution in [2.45, 2.75) is 19.3 Å². The van der Waals surface area contributed by atoms with E-state index in [1.165, 1.54) is 0 Å². The lowest BCUT2D eigenvalue weighted by atomic mass is 9.96. The normalized spacial score (nSPS) is 19.9. The minimum absolute atomic E-state index is 0.0496. The van der Waals surface area contributed by atoms with Crippen molar-refractivity contribution in [1.82, 2.24) is 10.3 Å². The lowest BCUT2D eigenvalue weighted by molar-refractivity contribution is -0.117. The maximum Gasteiger partial charge on any atom is 0.225 e. The number of nitrogens with one attached hydrogen (secondary N) is 2. The van der Waals surface area contributed by atoms with Crippen molar-refractivity contribution in [3.8, 4) is 0 Å². The van der Waals surface area contributed by atoms with Crippen LogP contribution in [0.5, 0.6) is 0 Å². The molecule has 92 valence electrons. The summed E-state index contributed by atoms with van der Waals surface area (Å²) in [6, 6.07) is 3.66. The molecule has 1 aromatic rings. The molecule has 0 aliphatic carbocycles. The third kappa shape index (κ3) is 4.09. The van der Waals surface area contributed by atoms with Gasteiger partial charge in [-0.2, -0.15) is 0 Å². The van der Waals surface area contributed by atoms with E-state index in [0.29, 0.717) is 18.2 Å². The van der Waals surface area contributed by atoms with Crippen molar-refractivity contribution in [1.29, 1.82) is 0 Å². The molecule has 1 aromatic heterocycles. The molecule has 17 heavy (non-hydrogen) atoms. The van der Waals surface area contributed by atoms with Gasteiger partial charge in [0.25, 0.3) is 0 Å². The van der Waals surface area contributed by atoms with Crippen molar-refractivity contribution in [3.63, 3.8) is 0 Å². The summed E-state index contributed by atoms with van der Waals surface area (Å²) >= 11 is 3.31. The highest BCUT2D eigenvalue weighted by atomic mass is 79.9. The number of hydrogen-bond acceptors (Lipinski definition) is 3. The Hall–Kier alpha value is -0.940. The molecule has 0 bridgehead atoms. The van der Waals surface area contributed by atoms with E-state index in [1.807, 2.05) is 6.07 Å². The lowest BCUT2D eigenvalue weighted by Gasteiger charge is -2.21. The number of hydrogen-bond donors (Lipinski definition) is 2. The van der Waals surface area contributed by atoms with Crippen LogP contribution in [0.15, 0.2) is 22.8 Å². The van der Waals surface area contributed by atoms with Crippen LogP contribution in [0, 0.1) is 5.92 Å². The maximum absolute atomic E-state index is 11.8. The first-order chi connectivity index (χ1) is 8.24. The Morgan fingerprint density at radius 1 is 1.59 bits per heavy atom. The van der Waals surface area contributed by atoms with Crippen LogP contribution in [0.4, 0.5) is 5.82 Å². The van der Waals surface area contributed by atoms with Crippen LogP contribution in [0.25, 0.3) is 0 Å². The summed E-state index contributed by atoms with van der Waals surface area (Å²) in [6.07, 6.45) is 4.55. The van der Waals surface area contributed by atoms with Crippen molar-refractivity contribution >= 4 is 27.7 Å². The van der Waals surface area contributed by atoms with Crippen LogP contribution in [-0.2, 0) is 4.79 Å². The zero-order chi connectivity index (χ0) is 12.1. The summed E-state index contributed by atoms with van der Waals surface area (Å²) in [5.41, 5.74) is 0. The van der Waals surface area contributed by atoms with Gasteiger partial charge in [0.2, 0.25) is 5.91 Å². The highest BCUT2D eigenvalue weighted by molar-refractivity contribution is 9.10. The summed E-state index contributed by atoms with van der Waals surface area (Å²) in [4.78, 5) is 15.9. The van der Waals surface area contributed by atoms with E-state index < -0.39 is 0 Å². The first-order valence-corrected chi connectivity index (χ1v) is 6.65. The standard InChI is InChI=1S/C12H16BrN3O/c13-10-3-4-11(15-8-10)16-12(17)6-9-2-1-5-14-7-9/h3-4,8-9,14H,1-2,5-7H2,(H,15,16,17). The lowest BCUT2D eigenvalue weighted by Crippen LogP contribution is -2.32. The molecule has 2 heterocycles. The number of amides is 1. The number of carbonyl (C=O) groups excluding carboxylic acids is 1. The second-order valence-electron chi connectivity index (χ2n) is 4.33. The molecule has 0 spiro atoms. The smallest absolute Gasteiger partial charge is 0.225 e. The molecule has 5 heteroatoms. The number of aromatic nitrogens is 1. The molecule has 1 amide bonds. The summed E-state index contributed by atoms with van der Waals surface area (Å²) in [5.74, 6) is 1.12. The Kier molecular flexibility index (Phi) is 4.50. The Balaban J connectivity index is 1.82. The van der Waals surface area contributed by atoms with Gasteiger partial charge >= 0.3 is 0 Å². The summed E-state index contributed by atoms with van der Waals surface area (Å²) in [7, 11) is 0. The van der Waals surface area contributed by atoms with E-state index in [9.17, 15) is 4.79 Å². The third-order valence-electron chi connectivity index (χ3n) is 2.87. The zero-order valence-electron chi connectivity index (χ0n) is 9.58. The van der Waals surface area contributed by atoms with Gasteiger partial charge in [-0.25, -0.2) is 4.98 Å². The molecule has 0 aromatic carbocycles. The van der Waals surface area contributed by atoms with Crippen molar-refractivity contribution in [2.24, 2.45) is 5.92 Å². The Bertz CT molecular complexity index is 374. The Morgan fingerprint density at radius 3 is 3.12 bits per heavy atom. The minimum atomic E-state index is 0.0496. The average molecular weight is 298 g/mol. The predicted octanol–water partition coefficient (Wildman–Crippen LogP) is 2.17. The fraction of sp³-hybridized carbons (Fsp3) is 0.500. The molecule has 1 aliphatic rings. The van der Waals surface area contributed by atoms with E-state index in [-0.39, 0.29) is 5.91 Å². The van der Waals surface area contributed by atoms with E-state index in [4.69, 9.17) is 0 Å². The van der Waals surface area contributed by atoms with Gasteiger partial charge in [0.05, 0.1) is 0 Å². The molecular formula is C12H16BrN3O.